The van der Waals surface area contributed by atoms with E-state index in [-0.39, 0.29) is 6.61 Å². The van der Waals surface area contributed by atoms with Crippen molar-refractivity contribution in [1.82, 2.24) is 5.48 Å². The van der Waals surface area contributed by atoms with Gasteiger partial charge in [0.05, 0.1) is 6.61 Å². The van der Waals surface area contributed by atoms with E-state index in [0.29, 0.717) is 5.69 Å². The molecule has 0 bridgehead atoms. The quantitative estimate of drug-likeness (QED) is 0.435. The third-order valence-electron chi connectivity index (χ3n) is 1.40. The predicted octanol–water partition coefficient (Wildman–Crippen LogP) is 1.93. The maximum absolute atomic E-state index is 11.1. The highest BCUT2D eigenvalue weighted by Crippen LogP contribution is 2.03. The van der Waals surface area contributed by atoms with Gasteiger partial charge < -0.3 is 5.32 Å². The monoisotopic (exact) mass is 192 g/mol. The fourth-order valence-electron chi connectivity index (χ4n) is 0.844. The Labute approximate surface area is 82.5 Å². The summed E-state index contributed by atoms with van der Waals surface area (Å²) in [5, 5.41) is 2.59. The Morgan fingerprint density at radius 1 is 1.43 bits per heavy atom. The van der Waals surface area contributed by atoms with Gasteiger partial charge >= 0.3 is 6.03 Å². The molecule has 1 aromatic rings. The average molecular weight is 192 g/mol. The molecule has 0 fully saturated rings. The second-order valence-corrected chi connectivity index (χ2v) is 2.52. The number of hydrogen-bond donors (Lipinski definition) is 2. The highest BCUT2D eigenvalue weighted by molar-refractivity contribution is 5.88. The number of hydrogen-bond acceptors (Lipinski definition) is 2. The van der Waals surface area contributed by atoms with E-state index in [4.69, 9.17) is 4.84 Å². The Morgan fingerprint density at radius 2 is 2.14 bits per heavy atom. The number of hydroxylamine groups is 1. The lowest BCUT2D eigenvalue weighted by Gasteiger charge is -2.05. The largest absolute Gasteiger partial charge is 0.343 e. The summed E-state index contributed by atoms with van der Waals surface area (Å²) in [4.78, 5) is 15.8. The molecular weight excluding hydrogens is 180 g/mol. The normalized spacial score (nSPS) is 9.14. The smallest absolute Gasteiger partial charge is 0.306 e. The van der Waals surface area contributed by atoms with Crippen molar-refractivity contribution in [2.45, 2.75) is 0 Å². The van der Waals surface area contributed by atoms with E-state index < -0.39 is 6.03 Å². The van der Waals surface area contributed by atoms with Gasteiger partial charge in [0.1, 0.15) is 0 Å². The molecule has 0 saturated carbocycles. The van der Waals surface area contributed by atoms with Crippen molar-refractivity contribution in [3.63, 3.8) is 0 Å². The van der Waals surface area contributed by atoms with Crippen LogP contribution in [-0.4, -0.2) is 12.6 Å². The Bertz CT molecular complexity index is 298. The molecule has 0 aromatic heterocycles. The van der Waals surface area contributed by atoms with E-state index in [1.807, 2.05) is 18.2 Å². The number of anilines is 1. The average Bonchev–Trinajstić information content (AvgIpc) is 2.20. The molecule has 0 saturated heterocycles. The van der Waals surface area contributed by atoms with Crippen molar-refractivity contribution in [3.8, 4) is 0 Å². The second-order valence-electron chi connectivity index (χ2n) is 2.52. The highest BCUT2D eigenvalue weighted by atomic mass is 16.7. The summed E-state index contributed by atoms with van der Waals surface area (Å²) in [5.41, 5.74) is 2.93. The van der Waals surface area contributed by atoms with Gasteiger partial charge in [0.25, 0.3) is 0 Å². The van der Waals surface area contributed by atoms with Crippen LogP contribution in [0.1, 0.15) is 0 Å². The topological polar surface area (TPSA) is 50.4 Å². The number of carbonyl (C=O) groups is 1. The van der Waals surface area contributed by atoms with Gasteiger partial charge in [0, 0.05) is 5.69 Å². The van der Waals surface area contributed by atoms with Crippen molar-refractivity contribution >= 4 is 11.7 Å². The first-order valence-corrected chi connectivity index (χ1v) is 4.17. The van der Waals surface area contributed by atoms with Gasteiger partial charge in [-0.15, -0.1) is 6.58 Å². The number of rotatable bonds is 4. The number of amides is 2. The van der Waals surface area contributed by atoms with E-state index >= 15 is 0 Å². The Hall–Kier alpha value is -1.81. The van der Waals surface area contributed by atoms with Crippen LogP contribution in [0.15, 0.2) is 43.0 Å². The molecule has 0 aliphatic carbocycles. The van der Waals surface area contributed by atoms with Gasteiger partial charge in [-0.25, -0.2) is 10.3 Å². The fraction of sp³-hybridized carbons (Fsp3) is 0.100. The molecule has 0 unspecified atom stereocenters. The standard InChI is InChI=1S/C10H12N2O2/c1-2-8-14-12-10(13)11-9-6-4-3-5-7-9/h2-7H,1,8H2,(H2,11,12,13). The lowest BCUT2D eigenvalue weighted by Crippen LogP contribution is -2.28. The van der Waals surface area contributed by atoms with Crippen LogP contribution < -0.4 is 10.8 Å². The van der Waals surface area contributed by atoms with Crippen LogP contribution in [0.5, 0.6) is 0 Å². The Morgan fingerprint density at radius 3 is 2.79 bits per heavy atom. The van der Waals surface area contributed by atoms with E-state index in [1.165, 1.54) is 0 Å². The molecule has 0 aliphatic heterocycles. The third kappa shape index (κ3) is 3.73. The summed E-state index contributed by atoms with van der Waals surface area (Å²) in [7, 11) is 0. The number of benzene rings is 1. The van der Waals surface area contributed by atoms with Crippen LogP contribution in [0.3, 0.4) is 0 Å². The molecule has 4 heteroatoms. The zero-order chi connectivity index (χ0) is 10.2. The SMILES string of the molecule is C=CCONC(=O)Nc1ccccc1. The minimum absolute atomic E-state index is 0.280. The van der Waals surface area contributed by atoms with Crippen LogP contribution in [0.2, 0.25) is 0 Å². The lowest BCUT2D eigenvalue weighted by atomic mass is 10.3. The minimum Gasteiger partial charge on any atom is -0.306 e. The van der Waals surface area contributed by atoms with Gasteiger partial charge in [-0.3, -0.25) is 4.84 Å². The number of urea groups is 1. The first-order valence-electron chi connectivity index (χ1n) is 4.17. The van der Waals surface area contributed by atoms with Crippen molar-refractivity contribution in [2.75, 3.05) is 11.9 Å². The third-order valence-corrected chi connectivity index (χ3v) is 1.40. The zero-order valence-electron chi connectivity index (χ0n) is 7.69. The van der Waals surface area contributed by atoms with Crippen molar-refractivity contribution in [1.29, 1.82) is 0 Å². The second kappa shape index (κ2) is 5.77. The first kappa shape index (κ1) is 10.3. The molecule has 2 N–H and O–H groups in total. The molecule has 4 nitrogen and oxygen atoms in total. The maximum atomic E-state index is 11.1. The van der Waals surface area contributed by atoms with Gasteiger partial charge in [-0.05, 0) is 12.1 Å². The summed E-state index contributed by atoms with van der Waals surface area (Å²) in [6.07, 6.45) is 1.54. The number of nitrogens with one attached hydrogen (secondary N) is 2. The first-order chi connectivity index (χ1) is 6.83. The van der Waals surface area contributed by atoms with Gasteiger partial charge in [-0.2, -0.15) is 0 Å². The van der Waals surface area contributed by atoms with Crippen LogP contribution in [0.4, 0.5) is 10.5 Å². The molecule has 14 heavy (non-hydrogen) atoms. The Balaban J connectivity index is 2.31. The predicted molar refractivity (Wildman–Crippen MR) is 54.7 cm³/mol. The van der Waals surface area contributed by atoms with Crippen LogP contribution in [0, 0.1) is 0 Å². The maximum Gasteiger partial charge on any atom is 0.343 e. The zero-order valence-corrected chi connectivity index (χ0v) is 7.69. The molecule has 0 spiro atoms. The molecule has 0 atom stereocenters. The minimum atomic E-state index is -0.405. The summed E-state index contributed by atoms with van der Waals surface area (Å²) in [5.74, 6) is 0. The summed E-state index contributed by atoms with van der Waals surface area (Å²) in [6.45, 7) is 3.72. The van der Waals surface area contributed by atoms with Gasteiger partial charge in [-0.1, -0.05) is 24.3 Å². The van der Waals surface area contributed by atoms with E-state index in [9.17, 15) is 4.79 Å². The van der Waals surface area contributed by atoms with E-state index in [2.05, 4.69) is 17.4 Å². The molecule has 0 aliphatic rings. The van der Waals surface area contributed by atoms with E-state index in [0.717, 1.165) is 0 Å². The summed E-state index contributed by atoms with van der Waals surface area (Å²) in [6, 6.07) is 8.70. The number of para-hydroxylation sites is 1. The molecule has 1 rings (SSSR count). The van der Waals surface area contributed by atoms with Gasteiger partial charge in [0.15, 0.2) is 0 Å². The molecule has 1 aromatic carbocycles. The molecule has 0 heterocycles. The number of carbonyl (C=O) groups excluding carboxylic acids is 1. The van der Waals surface area contributed by atoms with Crippen LogP contribution in [-0.2, 0) is 4.84 Å². The molecule has 74 valence electrons. The summed E-state index contributed by atoms with van der Waals surface area (Å²) >= 11 is 0. The lowest BCUT2D eigenvalue weighted by molar-refractivity contribution is 0.0872. The molecule has 2 amide bonds. The van der Waals surface area contributed by atoms with E-state index in [1.54, 1.807) is 18.2 Å². The van der Waals surface area contributed by atoms with Crippen molar-refractivity contribution < 1.29 is 9.63 Å². The fourth-order valence-corrected chi connectivity index (χ4v) is 0.844. The van der Waals surface area contributed by atoms with Crippen molar-refractivity contribution in [3.05, 3.63) is 43.0 Å². The molecule has 0 radical (unpaired) electrons. The highest BCUT2D eigenvalue weighted by Gasteiger charge is 1.98. The van der Waals surface area contributed by atoms with Crippen LogP contribution >= 0.6 is 0 Å². The van der Waals surface area contributed by atoms with Gasteiger partial charge in [0.2, 0.25) is 0 Å². The Kier molecular flexibility index (Phi) is 4.23. The van der Waals surface area contributed by atoms with Crippen LogP contribution in [0.25, 0.3) is 0 Å². The van der Waals surface area contributed by atoms with Crippen molar-refractivity contribution in [2.24, 2.45) is 0 Å². The summed E-state index contributed by atoms with van der Waals surface area (Å²) < 4.78 is 0. The molecular formula is C10H12N2O2.